The first-order valence-corrected chi connectivity index (χ1v) is 8.47. The van der Waals surface area contributed by atoms with Crippen LogP contribution in [0.25, 0.3) is 0 Å². The predicted molar refractivity (Wildman–Crippen MR) is 77.8 cm³/mol. The Kier molecular flexibility index (Phi) is 3.34. The number of benzene rings is 1. The minimum Gasteiger partial charge on any atom is -0.493 e. The summed E-state index contributed by atoms with van der Waals surface area (Å²) in [7, 11) is -3.42. The van der Waals surface area contributed by atoms with Gasteiger partial charge in [0, 0.05) is 5.41 Å². The van der Waals surface area contributed by atoms with Gasteiger partial charge in [-0.25, -0.2) is 13.1 Å². The third-order valence-electron chi connectivity index (χ3n) is 3.88. The second-order valence-corrected chi connectivity index (χ2v) is 7.31. The van der Waals surface area contributed by atoms with Gasteiger partial charge < -0.3 is 4.74 Å². The summed E-state index contributed by atoms with van der Waals surface area (Å²) >= 11 is 0. The zero-order chi connectivity index (χ0) is 14.2. The lowest BCUT2D eigenvalue weighted by Crippen LogP contribution is -2.33. The van der Waals surface area contributed by atoms with E-state index in [1.165, 1.54) is 12.8 Å². The van der Waals surface area contributed by atoms with Gasteiger partial charge in [-0.1, -0.05) is 18.7 Å². The average Bonchev–Trinajstić information content (AvgIpc) is 3.32. The normalized spacial score (nSPS) is 20.4. The number of rotatable bonds is 7. The highest BCUT2D eigenvalue weighted by Gasteiger charge is 2.47. The van der Waals surface area contributed by atoms with Crippen LogP contribution in [0.2, 0.25) is 0 Å². The van der Waals surface area contributed by atoms with E-state index in [0.717, 1.165) is 36.2 Å². The second kappa shape index (κ2) is 4.90. The van der Waals surface area contributed by atoms with E-state index in [0.29, 0.717) is 5.92 Å². The maximum absolute atomic E-state index is 11.7. The van der Waals surface area contributed by atoms with Gasteiger partial charge in [-0.3, -0.25) is 0 Å². The topological polar surface area (TPSA) is 55.4 Å². The highest BCUT2D eigenvalue weighted by Crippen LogP contribution is 2.47. The van der Waals surface area contributed by atoms with Crippen molar-refractivity contribution in [3.8, 4) is 5.75 Å². The Hall–Kier alpha value is -1.33. The van der Waals surface area contributed by atoms with Crippen LogP contribution in [-0.4, -0.2) is 15.0 Å². The van der Waals surface area contributed by atoms with Crippen LogP contribution in [0.5, 0.6) is 5.75 Å². The zero-order valence-electron chi connectivity index (χ0n) is 11.3. The predicted octanol–water partition coefficient (Wildman–Crippen LogP) is 2.53. The molecule has 0 aliphatic heterocycles. The lowest BCUT2D eigenvalue weighted by Gasteiger charge is -2.17. The van der Waals surface area contributed by atoms with Crippen molar-refractivity contribution in [2.75, 3.05) is 6.61 Å². The molecule has 1 aromatic rings. The molecule has 0 radical (unpaired) electrons. The summed E-state index contributed by atoms with van der Waals surface area (Å²) < 4.78 is 31.8. The van der Waals surface area contributed by atoms with Crippen LogP contribution in [0.15, 0.2) is 36.3 Å². The molecule has 1 N–H and O–H groups in total. The zero-order valence-corrected chi connectivity index (χ0v) is 12.2. The Balaban J connectivity index is 1.75. The summed E-state index contributed by atoms with van der Waals surface area (Å²) in [4.78, 5) is 0. The molecule has 5 heteroatoms. The molecule has 2 aliphatic carbocycles. The molecule has 0 unspecified atom stereocenters. The van der Waals surface area contributed by atoms with Gasteiger partial charge in [0.1, 0.15) is 5.75 Å². The maximum Gasteiger partial charge on any atom is 0.233 e. The van der Waals surface area contributed by atoms with Gasteiger partial charge in [-0.2, -0.15) is 0 Å². The van der Waals surface area contributed by atoms with Crippen LogP contribution < -0.4 is 9.46 Å². The summed E-state index contributed by atoms with van der Waals surface area (Å²) in [5.74, 6) is 1.52. The van der Waals surface area contributed by atoms with Gasteiger partial charge in [-0.15, -0.1) is 0 Å². The molecule has 0 spiro atoms. The highest BCUT2D eigenvalue weighted by molar-refractivity contribution is 7.92. The Morgan fingerprint density at radius 1 is 1.40 bits per heavy atom. The minimum atomic E-state index is -3.42. The maximum atomic E-state index is 11.7. The van der Waals surface area contributed by atoms with Crippen molar-refractivity contribution in [2.45, 2.75) is 31.2 Å². The van der Waals surface area contributed by atoms with E-state index in [1.807, 2.05) is 24.3 Å². The van der Waals surface area contributed by atoms with Gasteiger partial charge in [0.05, 0.1) is 12.1 Å². The van der Waals surface area contributed by atoms with Gasteiger partial charge in [0.25, 0.3) is 0 Å². The first kappa shape index (κ1) is 13.6. The summed E-state index contributed by atoms with van der Waals surface area (Å²) in [6, 6.07) is 7.73. The van der Waals surface area contributed by atoms with E-state index >= 15 is 0 Å². The Bertz CT molecular complexity index is 616. The number of ether oxygens (including phenoxy) is 1. The fourth-order valence-corrected chi connectivity index (χ4v) is 3.22. The lowest BCUT2D eigenvalue weighted by atomic mass is 10.1. The molecule has 108 valence electrons. The molecule has 4 nitrogen and oxygen atoms in total. The van der Waals surface area contributed by atoms with Crippen molar-refractivity contribution < 1.29 is 13.2 Å². The Morgan fingerprint density at radius 3 is 2.75 bits per heavy atom. The SMILES string of the molecule is C=CS(=O)(=O)NC1(c2cccc(OCC3CC3)c2)CC1. The van der Waals surface area contributed by atoms with Crippen molar-refractivity contribution in [2.24, 2.45) is 5.92 Å². The highest BCUT2D eigenvalue weighted by atomic mass is 32.2. The molecule has 0 aromatic heterocycles. The molecule has 1 aromatic carbocycles. The molecule has 0 amide bonds. The van der Waals surface area contributed by atoms with E-state index in [9.17, 15) is 8.42 Å². The monoisotopic (exact) mass is 293 g/mol. The van der Waals surface area contributed by atoms with Crippen molar-refractivity contribution in [1.82, 2.24) is 4.72 Å². The van der Waals surface area contributed by atoms with E-state index in [4.69, 9.17) is 4.74 Å². The summed E-state index contributed by atoms with van der Waals surface area (Å²) in [5.41, 5.74) is 0.502. The van der Waals surface area contributed by atoms with E-state index in [2.05, 4.69) is 11.3 Å². The number of hydrogen-bond donors (Lipinski definition) is 1. The Labute approximate surface area is 119 Å². The van der Waals surface area contributed by atoms with Crippen LogP contribution in [-0.2, 0) is 15.6 Å². The van der Waals surface area contributed by atoms with Crippen LogP contribution >= 0.6 is 0 Å². The van der Waals surface area contributed by atoms with Crippen LogP contribution in [0, 0.1) is 5.92 Å². The summed E-state index contributed by atoms with van der Waals surface area (Å²) in [6.45, 7) is 4.09. The van der Waals surface area contributed by atoms with E-state index < -0.39 is 15.6 Å². The van der Waals surface area contributed by atoms with Gasteiger partial charge in [-0.05, 0) is 49.3 Å². The van der Waals surface area contributed by atoms with Crippen molar-refractivity contribution in [3.63, 3.8) is 0 Å². The van der Waals surface area contributed by atoms with E-state index in [-0.39, 0.29) is 0 Å². The van der Waals surface area contributed by atoms with Gasteiger partial charge >= 0.3 is 0 Å². The average molecular weight is 293 g/mol. The Morgan fingerprint density at radius 2 is 2.15 bits per heavy atom. The molecular weight excluding hydrogens is 274 g/mol. The molecule has 0 atom stereocenters. The fourth-order valence-electron chi connectivity index (χ4n) is 2.27. The number of nitrogens with one attached hydrogen (secondary N) is 1. The molecule has 20 heavy (non-hydrogen) atoms. The summed E-state index contributed by atoms with van der Waals surface area (Å²) in [5, 5.41) is 0.959. The summed E-state index contributed by atoms with van der Waals surface area (Å²) in [6.07, 6.45) is 4.13. The third-order valence-corrected chi connectivity index (χ3v) is 4.99. The van der Waals surface area contributed by atoms with Crippen LogP contribution in [0.3, 0.4) is 0 Å². The second-order valence-electron chi connectivity index (χ2n) is 5.68. The number of hydrogen-bond acceptors (Lipinski definition) is 3. The van der Waals surface area contributed by atoms with Crippen LogP contribution in [0.4, 0.5) is 0 Å². The quantitative estimate of drug-likeness (QED) is 0.840. The van der Waals surface area contributed by atoms with Crippen molar-refractivity contribution in [3.05, 3.63) is 41.8 Å². The minimum absolute atomic E-state index is 0.466. The smallest absolute Gasteiger partial charge is 0.233 e. The molecule has 2 fully saturated rings. The first-order chi connectivity index (χ1) is 9.53. The molecular formula is C15H19NO3S. The molecule has 0 saturated heterocycles. The largest absolute Gasteiger partial charge is 0.493 e. The fraction of sp³-hybridized carbons (Fsp3) is 0.467. The van der Waals surface area contributed by atoms with Crippen molar-refractivity contribution >= 4 is 10.0 Å². The molecule has 0 bridgehead atoms. The molecule has 0 heterocycles. The molecule has 3 rings (SSSR count). The van der Waals surface area contributed by atoms with E-state index in [1.54, 1.807) is 0 Å². The van der Waals surface area contributed by atoms with Gasteiger partial charge in [0.15, 0.2) is 0 Å². The van der Waals surface area contributed by atoms with Gasteiger partial charge in [0.2, 0.25) is 10.0 Å². The number of sulfonamides is 1. The third kappa shape index (κ3) is 3.04. The van der Waals surface area contributed by atoms with Crippen molar-refractivity contribution in [1.29, 1.82) is 0 Å². The molecule has 2 saturated carbocycles. The van der Waals surface area contributed by atoms with Crippen LogP contribution in [0.1, 0.15) is 31.2 Å². The first-order valence-electron chi connectivity index (χ1n) is 6.93. The lowest BCUT2D eigenvalue weighted by molar-refractivity contribution is 0.299. The molecule has 2 aliphatic rings. The standard InChI is InChI=1S/C15H19NO3S/c1-2-20(17,18)16-15(8-9-15)13-4-3-5-14(10-13)19-11-12-6-7-12/h2-5,10,12,16H,1,6-9,11H2.